The lowest BCUT2D eigenvalue weighted by Crippen LogP contribution is -2.36. The maximum Gasteiger partial charge on any atom is 0.221 e. The number of hydrogen-bond acceptors (Lipinski definition) is 3. The monoisotopic (exact) mass is 330 g/mol. The highest BCUT2D eigenvalue weighted by molar-refractivity contribution is 9.10. The predicted molar refractivity (Wildman–Crippen MR) is 80.8 cm³/mol. The number of hydrogen-bond donors (Lipinski definition) is 2. The maximum absolute atomic E-state index is 11.4. The average Bonchev–Trinajstić information content (AvgIpc) is 2.30. The van der Waals surface area contributed by atoms with Crippen molar-refractivity contribution in [3.05, 3.63) is 28.7 Å². The van der Waals surface area contributed by atoms with Crippen LogP contribution in [-0.2, 0) is 4.79 Å². The second-order valence-corrected chi connectivity index (χ2v) is 7.33. The smallest absolute Gasteiger partial charge is 0.221 e. The van der Waals surface area contributed by atoms with Crippen molar-refractivity contribution in [2.45, 2.75) is 29.9 Å². The second-order valence-electron chi connectivity index (χ2n) is 4.63. The number of amides is 1. The van der Waals surface area contributed by atoms with Gasteiger partial charge in [-0.25, -0.2) is 0 Å². The quantitative estimate of drug-likeness (QED) is 0.788. The molecule has 3 nitrogen and oxygen atoms in total. The van der Waals surface area contributed by atoms with Crippen molar-refractivity contribution in [3.8, 4) is 0 Å². The third-order valence-electron chi connectivity index (χ3n) is 2.29. The number of nitrogens with one attached hydrogen (secondary N) is 1. The van der Waals surface area contributed by atoms with Gasteiger partial charge in [0.1, 0.15) is 0 Å². The van der Waals surface area contributed by atoms with Gasteiger partial charge in [-0.1, -0.05) is 15.9 Å². The molecular formula is C13H19BrN2OS. The lowest BCUT2D eigenvalue weighted by atomic mass is 10.2. The highest BCUT2D eigenvalue weighted by Crippen LogP contribution is 2.32. The third-order valence-corrected chi connectivity index (χ3v) is 4.02. The van der Waals surface area contributed by atoms with Gasteiger partial charge in [0.15, 0.2) is 0 Å². The molecular weight excluding hydrogens is 312 g/mol. The van der Waals surface area contributed by atoms with Gasteiger partial charge in [-0.05, 0) is 38.1 Å². The van der Waals surface area contributed by atoms with Gasteiger partial charge in [0.2, 0.25) is 5.91 Å². The van der Waals surface area contributed by atoms with E-state index >= 15 is 0 Å². The van der Waals surface area contributed by atoms with Crippen LogP contribution in [0, 0.1) is 0 Å². The number of thioether (sulfide) groups is 1. The molecule has 100 valence electrons. The summed E-state index contributed by atoms with van der Waals surface area (Å²) in [6, 6.07) is 8.17. The van der Waals surface area contributed by atoms with Crippen molar-refractivity contribution >= 4 is 33.6 Å². The Hall–Kier alpha value is -0.520. The van der Waals surface area contributed by atoms with Crippen molar-refractivity contribution in [2.24, 2.45) is 5.73 Å². The summed E-state index contributed by atoms with van der Waals surface area (Å²) in [5, 5.41) is 2.91. The third kappa shape index (κ3) is 5.89. The summed E-state index contributed by atoms with van der Waals surface area (Å²) in [6.07, 6.45) is 0.388. The molecule has 18 heavy (non-hydrogen) atoms. The fourth-order valence-electron chi connectivity index (χ4n) is 1.39. The Balaban J connectivity index is 2.48. The molecule has 0 aliphatic carbocycles. The van der Waals surface area contributed by atoms with Gasteiger partial charge in [0.25, 0.3) is 0 Å². The SMILES string of the molecule is CC(C)(CNC(=O)CCN)Sc1ccc(Br)cc1. The molecule has 0 aliphatic heterocycles. The Morgan fingerprint density at radius 3 is 2.56 bits per heavy atom. The first-order chi connectivity index (χ1) is 8.43. The highest BCUT2D eigenvalue weighted by Gasteiger charge is 2.20. The minimum atomic E-state index is -0.0436. The van der Waals surface area contributed by atoms with Crippen molar-refractivity contribution in [1.82, 2.24) is 5.32 Å². The molecule has 1 rings (SSSR count). The molecule has 0 saturated heterocycles. The van der Waals surface area contributed by atoms with Crippen LogP contribution in [0.4, 0.5) is 0 Å². The number of carbonyl (C=O) groups is 1. The summed E-state index contributed by atoms with van der Waals surface area (Å²) < 4.78 is 1.03. The first kappa shape index (κ1) is 15.5. The number of nitrogens with two attached hydrogens (primary N) is 1. The van der Waals surface area contributed by atoms with Gasteiger partial charge in [0, 0.05) is 33.6 Å². The summed E-state index contributed by atoms with van der Waals surface area (Å²) in [6.45, 7) is 5.25. The zero-order valence-electron chi connectivity index (χ0n) is 10.7. The fourth-order valence-corrected chi connectivity index (χ4v) is 2.71. The lowest BCUT2D eigenvalue weighted by molar-refractivity contribution is -0.120. The van der Waals surface area contributed by atoms with Crippen LogP contribution in [0.25, 0.3) is 0 Å². The van der Waals surface area contributed by atoms with Crippen LogP contribution in [0.1, 0.15) is 20.3 Å². The molecule has 0 atom stereocenters. The molecule has 0 aliphatic rings. The van der Waals surface area contributed by atoms with E-state index in [1.54, 1.807) is 11.8 Å². The maximum atomic E-state index is 11.4. The zero-order chi connectivity index (χ0) is 13.6. The first-order valence-corrected chi connectivity index (χ1v) is 7.45. The highest BCUT2D eigenvalue weighted by atomic mass is 79.9. The Labute approximate surface area is 121 Å². The molecule has 0 bridgehead atoms. The number of benzene rings is 1. The topological polar surface area (TPSA) is 55.1 Å². The van der Waals surface area contributed by atoms with Crippen molar-refractivity contribution < 1.29 is 4.79 Å². The van der Waals surface area contributed by atoms with Crippen LogP contribution in [-0.4, -0.2) is 23.7 Å². The number of rotatable bonds is 6. The van der Waals surface area contributed by atoms with E-state index in [0.717, 1.165) is 4.47 Å². The molecule has 0 fully saturated rings. The van der Waals surface area contributed by atoms with Crippen LogP contribution in [0.15, 0.2) is 33.6 Å². The number of carbonyl (C=O) groups excluding carboxylic acids is 1. The fraction of sp³-hybridized carbons (Fsp3) is 0.462. The van der Waals surface area contributed by atoms with Crippen LogP contribution in [0.2, 0.25) is 0 Å². The van der Waals surface area contributed by atoms with Crippen molar-refractivity contribution in [1.29, 1.82) is 0 Å². The molecule has 0 saturated carbocycles. The van der Waals surface area contributed by atoms with E-state index in [1.165, 1.54) is 4.90 Å². The van der Waals surface area contributed by atoms with Gasteiger partial charge < -0.3 is 11.1 Å². The lowest BCUT2D eigenvalue weighted by Gasteiger charge is -2.24. The van der Waals surface area contributed by atoms with E-state index in [-0.39, 0.29) is 10.7 Å². The van der Waals surface area contributed by atoms with E-state index < -0.39 is 0 Å². The van der Waals surface area contributed by atoms with Gasteiger partial charge in [-0.2, -0.15) is 0 Å². The molecule has 0 unspecified atom stereocenters. The van der Waals surface area contributed by atoms with Crippen LogP contribution >= 0.6 is 27.7 Å². The largest absolute Gasteiger partial charge is 0.355 e. The Bertz CT molecular complexity index is 392. The molecule has 1 aromatic rings. The van der Waals surface area contributed by atoms with Crippen molar-refractivity contribution in [3.63, 3.8) is 0 Å². The zero-order valence-corrected chi connectivity index (χ0v) is 13.1. The van der Waals surface area contributed by atoms with E-state index in [1.807, 2.05) is 12.1 Å². The van der Waals surface area contributed by atoms with E-state index in [4.69, 9.17) is 5.73 Å². The van der Waals surface area contributed by atoms with Gasteiger partial charge >= 0.3 is 0 Å². The van der Waals surface area contributed by atoms with Gasteiger partial charge in [0.05, 0.1) is 0 Å². The summed E-state index contributed by atoms with van der Waals surface area (Å²) in [5.74, 6) is 0.0157. The summed E-state index contributed by atoms with van der Waals surface area (Å²) >= 11 is 5.16. The minimum absolute atomic E-state index is 0.0157. The van der Waals surface area contributed by atoms with E-state index in [2.05, 4.69) is 47.2 Å². The molecule has 0 heterocycles. The predicted octanol–water partition coefficient (Wildman–Crippen LogP) is 2.78. The Morgan fingerprint density at radius 1 is 1.39 bits per heavy atom. The Morgan fingerprint density at radius 2 is 2.00 bits per heavy atom. The first-order valence-electron chi connectivity index (χ1n) is 5.84. The minimum Gasteiger partial charge on any atom is -0.355 e. The Kier molecular flexibility index (Phi) is 6.18. The van der Waals surface area contributed by atoms with Crippen LogP contribution in [0.3, 0.4) is 0 Å². The summed E-state index contributed by atoms with van der Waals surface area (Å²) in [4.78, 5) is 12.6. The summed E-state index contributed by atoms with van der Waals surface area (Å²) in [5.41, 5.74) is 5.34. The standard InChI is InChI=1S/C13H19BrN2OS/c1-13(2,9-16-12(17)7-8-15)18-11-5-3-10(14)4-6-11/h3-6H,7-9,15H2,1-2H3,(H,16,17). The van der Waals surface area contributed by atoms with Crippen LogP contribution in [0.5, 0.6) is 0 Å². The molecule has 0 aromatic heterocycles. The van der Waals surface area contributed by atoms with E-state index in [0.29, 0.717) is 19.5 Å². The molecule has 0 radical (unpaired) electrons. The molecule has 0 spiro atoms. The molecule has 1 aromatic carbocycles. The van der Waals surface area contributed by atoms with Crippen LogP contribution < -0.4 is 11.1 Å². The molecule has 3 N–H and O–H groups in total. The van der Waals surface area contributed by atoms with E-state index in [9.17, 15) is 4.79 Å². The number of halogens is 1. The van der Waals surface area contributed by atoms with Gasteiger partial charge in [-0.15, -0.1) is 11.8 Å². The van der Waals surface area contributed by atoms with Gasteiger partial charge in [-0.3, -0.25) is 4.79 Å². The average molecular weight is 331 g/mol. The molecule has 1 amide bonds. The summed E-state index contributed by atoms with van der Waals surface area (Å²) in [7, 11) is 0. The molecule has 5 heteroatoms. The second kappa shape index (κ2) is 7.16. The van der Waals surface area contributed by atoms with Crippen molar-refractivity contribution in [2.75, 3.05) is 13.1 Å². The normalized spacial score (nSPS) is 11.3.